The Morgan fingerprint density at radius 1 is 1.53 bits per heavy atom. The normalized spacial score (nSPS) is 13.2. The summed E-state index contributed by atoms with van der Waals surface area (Å²) in [7, 11) is 1.68. The fraction of sp³-hybridized carbons (Fsp3) is 0.750. The Morgan fingerprint density at radius 3 is 2.94 bits per heavy atom. The molecule has 0 aromatic carbocycles. The SMILES string of the molecule is COCCNCc1cn(CC(O)C(C)C)cn1. The summed E-state index contributed by atoms with van der Waals surface area (Å²) in [6.45, 7) is 6.87. The summed E-state index contributed by atoms with van der Waals surface area (Å²) in [4.78, 5) is 4.27. The summed E-state index contributed by atoms with van der Waals surface area (Å²) in [5, 5.41) is 13.0. The maximum absolute atomic E-state index is 9.75. The summed E-state index contributed by atoms with van der Waals surface area (Å²) in [6.07, 6.45) is 3.41. The van der Waals surface area contributed by atoms with Crippen LogP contribution in [0.1, 0.15) is 19.5 Å². The van der Waals surface area contributed by atoms with Crippen LogP contribution in [0.4, 0.5) is 0 Å². The predicted octanol–water partition coefficient (Wildman–Crippen LogP) is 0.636. The van der Waals surface area contributed by atoms with Gasteiger partial charge >= 0.3 is 0 Å². The van der Waals surface area contributed by atoms with Crippen LogP contribution in [-0.2, 0) is 17.8 Å². The number of rotatable bonds is 8. The van der Waals surface area contributed by atoms with E-state index in [9.17, 15) is 5.11 Å². The van der Waals surface area contributed by atoms with Crippen molar-refractivity contribution in [3.63, 3.8) is 0 Å². The number of hydrogen-bond donors (Lipinski definition) is 2. The molecule has 0 spiro atoms. The Labute approximate surface area is 103 Å². The Balaban J connectivity index is 2.32. The quantitative estimate of drug-likeness (QED) is 0.656. The summed E-state index contributed by atoms with van der Waals surface area (Å²) in [5.74, 6) is 0.265. The van der Waals surface area contributed by atoms with Crippen molar-refractivity contribution in [2.24, 2.45) is 5.92 Å². The molecule has 1 aromatic rings. The molecule has 0 radical (unpaired) electrons. The van der Waals surface area contributed by atoms with Crippen molar-refractivity contribution >= 4 is 0 Å². The second-order valence-corrected chi connectivity index (χ2v) is 4.54. The second kappa shape index (κ2) is 7.42. The van der Waals surface area contributed by atoms with Gasteiger partial charge in [0.15, 0.2) is 0 Å². The molecule has 2 N–H and O–H groups in total. The average molecular weight is 241 g/mol. The molecule has 0 saturated carbocycles. The van der Waals surface area contributed by atoms with Crippen LogP contribution in [0.3, 0.4) is 0 Å². The molecule has 1 aromatic heterocycles. The van der Waals surface area contributed by atoms with Crippen LogP contribution in [0.2, 0.25) is 0 Å². The van der Waals surface area contributed by atoms with E-state index in [1.807, 2.05) is 24.6 Å². The average Bonchev–Trinajstić information content (AvgIpc) is 2.72. The van der Waals surface area contributed by atoms with Crippen molar-refractivity contribution in [3.05, 3.63) is 18.2 Å². The summed E-state index contributed by atoms with van der Waals surface area (Å²) in [6, 6.07) is 0. The van der Waals surface area contributed by atoms with Gasteiger partial charge in [0.1, 0.15) is 0 Å². The number of ether oxygens (including phenoxy) is 1. The highest BCUT2D eigenvalue weighted by Crippen LogP contribution is 2.05. The van der Waals surface area contributed by atoms with Crippen molar-refractivity contribution in [1.29, 1.82) is 0 Å². The molecule has 0 amide bonds. The van der Waals surface area contributed by atoms with E-state index in [-0.39, 0.29) is 12.0 Å². The molecule has 98 valence electrons. The van der Waals surface area contributed by atoms with Crippen molar-refractivity contribution in [1.82, 2.24) is 14.9 Å². The number of nitrogens with one attached hydrogen (secondary N) is 1. The number of aromatic nitrogens is 2. The summed E-state index contributed by atoms with van der Waals surface area (Å²) >= 11 is 0. The van der Waals surface area contributed by atoms with Gasteiger partial charge in [-0.3, -0.25) is 0 Å². The molecule has 0 aliphatic rings. The maximum Gasteiger partial charge on any atom is 0.0950 e. The Hall–Kier alpha value is -0.910. The first kappa shape index (κ1) is 14.2. The highest BCUT2D eigenvalue weighted by molar-refractivity contribution is 4.96. The van der Waals surface area contributed by atoms with Crippen LogP contribution in [0, 0.1) is 5.92 Å². The lowest BCUT2D eigenvalue weighted by molar-refractivity contribution is 0.107. The number of aliphatic hydroxyl groups excluding tert-OH is 1. The topological polar surface area (TPSA) is 59.3 Å². The summed E-state index contributed by atoms with van der Waals surface area (Å²) in [5.41, 5.74) is 0.983. The van der Waals surface area contributed by atoms with Crippen LogP contribution >= 0.6 is 0 Å². The first-order chi connectivity index (χ1) is 8.13. The standard InChI is InChI=1S/C12H23N3O2/c1-10(2)12(16)8-15-7-11(14-9-15)6-13-4-5-17-3/h7,9-10,12-13,16H,4-6,8H2,1-3H3. The summed E-state index contributed by atoms with van der Waals surface area (Å²) < 4.78 is 6.87. The van der Waals surface area contributed by atoms with E-state index in [0.717, 1.165) is 18.8 Å². The third kappa shape index (κ3) is 5.30. The van der Waals surface area contributed by atoms with Crippen molar-refractivity contribution in [2.45, 2.75) is 33.0 Å². The van der Waals surface area contributed by atoms with Crippen LogP contribution in [-0.4, -0.2) is 41.0 Å². The van der Waals surface area contributed by atoms with E-state index < -0.39 is 0 Å². The lowest BCUT2D eigenvalue weighted by Gasteiger charge is -2.14. The van der Waals surface area contributed by atoms with Crippen LogP contribution in [0.15, 0.2) is 12.5 Å². The lowest BCUT2D eigenvalue weighted by atomic mass is 10.1. The van der Waals surface area contributed by atoms with E-state index in [0.29, 0.717) is 13.2 Å². The molecule has 1 unspecified atom stereocenters. The van der Waals surface area contributed by atoms with Crippen molar-refractivity contribution in [3.8, 4) is 0 Å². The Kier molecular flexibility index (Phi) is 6.18. The molecule has 0 aliphatic carbocycles. The minimum Gasteiger partial charge on any atom is -0.391 e. The highest BCUT2D eigenvalue weighted by Gasteiger charge is 2.10. The first-order valence-corrected chi connectivity index (χ1v) is 6.02. The van der Waals surface area contributed by atoms with Crippen LogP contribution in [0.5, 0.6) is 0 Å². The third-order valence-electron chi connectivity index (χ3n) is 2.64. The smallest absolute Gasteiger partial charge is 0.0950 e. The second-order valence-electron chi connectivity index (χ2n) is 4.54. The molecule has 5 nitrogen and oxygen atoms in total. The van der Waals surface area contributed by atoms with Gasteiger partial charge < -0.3 is 19.7 Å². The van der Waals surface area contributed by atoms with Gasteiger partial charge in [-0.25, -0.2) is 4.98 Å². The van der Waals surface area contributed by atoms with Gasteiger partial charge in [-0.1, -0.05) is 13.8 Å². The van der Waals surface area contributed by atoms with E-state index in [4.69, 9.17) is 4.74 Å². The number of aliphatic hydroxyl groups is 1. The minimum atomic E-state index is -0.321. The van der Waals surface area contributed by atoms with Gasteiger partial charge in [0.25, 0.3) is 0 Å². The molecule has 5 heteroatoms. The molecule has 0 fully saturated rings. The number of methoxy groups -OCH3 is 1. The number of imidazole rings is 1. The predicted molar refractivity (Wildman–Crippen MR) is 66.7 cm³/mol. The van der Waals surface area contributed by atoms with Crippen LogP contribution < -0.4 is 5.32 Å². The fourth-order valence-electron chi connectivity index (χ4n) is 1.42. The third-order valence-corrected chi connectivity index (χ3v) is 2.64. The minimum absolute atomic E-state index is 0.265. The van der Waals surface area contributed by atoms with Gasteiger partial charge in [-0.2, -0.15) is 0 Å². The fourth-order valence-corrected chi connectivity index (χ4v) is 1.42. The molecular weight excluding hydrogens is 218 g/mol. The molecular formula is C12H23N3O2. The van der Waals surface area contributed by atoms with E-state index in [1.54, 1.807) is 13.4 Å². The molecule has 0 bridgehead atoms. The number of nitrogens with zero attached hydrogens (tertiary/aromatic N) is 2. The molecule has 0 aliphatic heterocycles. The molecule has 0 saturated heterocycles. The Morgan fingerprint density at radius 2 is 2.29 bits per heavy atom. The first-order valence-electron chi connectivity index (χ1n) is 6.02. The van der Waals surface area contributed by atoms with Gasteiger partial charge in [-0.05, 0) is 5.92 Å². The molecule has 17 heavy (non-hydrogen) atoms. The zero-order valence-electron chi connectivity index (χ0n) is 10.9. The molecule has 1 atom stereocenters. The highest BCUT2D eigenvalue weighted by atomic mass is 16.5. The van der Waals surface area contributed by atoms with Gasteiger partial charge in [0.2, 0.25) is 0 Å². The molecule has 1 heterocycles. The van der Waals surface area contributed by atoms with E-state index >= 15 is 0 Å². The molecule has 1 rings (SSSR count). The van der Waals surface area contributed by atoms with Crippen molar-refractivity contribution < 1.29 is 9.84 Å². The Bertz CT molecular complexity index is 312. The largest absolute Gasteiger partial charge is 0.391 e. The lowest BCUT2D eigenvalue weighted by Crippen LogP contribution is -2.21. The van der Waals surface area contributed by atoms with Crippen LogP contribution in [0.25, 0.3) is 0 Å². The van der Waals surface area contributed by atoms with Gasteiger partial charge in [0.05, 0.1) is 24.7 Å². The van der Waals surface area contributed by atoms with Crippen molar-refractivity contribution in [2.75, 3.05) is 20.3 Å². The van der Waals surface area contributed by atoms with Gasteiger partial charge in [-0.15, -0.1) is 0 Å². The zero-order valence-corrected chi connectivity index (χ0v) is 10.9. The van der Waals surface area contributed by atoms with Gasteiger partial charge in [0, 0.05) is 32.9 Å². The van der Waals surface area contributed by atoms with E-state index in [2.05, 4.69) is 10.3 Å². The number of hydrogen-bond acceptors (Lipinski definition) is 4. The maximum atomic E-state index is 9.75. The monoisotopic (exact) mass is 241 g/mol. The zero-order chi connectivity index (χ0) is 12.7. The van der Waals surface area contributed by atoms with E-state index in [1.165, 1.54) is 0 Å².